The third kappa shape index (κ3) is 2.44. The molecule has 0 spiro atoms. The molecule has 106 valence electrons. The fourth-order valence-electron chi connectivity index (χ4n) is 1.66. The van der Waals surface area contributed by atoms with E-state index in [-0.39, 0.29) is 16.3 Å². The van der Waals surface area contributed by atoms with Crippen molar-refractivity contribution < 1.29 is 9.90 Å². The van der Waals surface area contributed by atoms with Crippen LogP contribution in [0.3, 0.4) is 0 Å². The molecule has 0 amide bonds. The average Bonchev–Trinajstić information content (AvgIpc) is 2.74. The lowest BCUT2D eigenvalue weighted by atomic mass is 10.1. The van der Waals surface area contributed by atoms with E-state index in [1.54, 1.807) is 20.8 Å². The monoisotopic (exact) mass is 295 g/mol. The lowest BCUT2D eigenvalue weighted by Crippen LogP contribution is -2.16. The van der Waals surface area contributed by atoms with Crippen LogP contribution < -0.4 is 5.69 Å². The third-order valence-corrected chi connectivity index (χ3v) is 3.84. The first-order valence-corrected chi connectivity index (χ1v) is 6.67. The van der Waals surface area contributed by atoms with Gasteiger partial charge in [0.2, 0.25) is 0 Å². The first-order valence-electron chi connectivity index (χ1n) is 5.86. The Balaban J connectivity index is 2.51. The Morgan fingerprint density at radius 1 is 1.40 bits per heavy atom. The summed E-state index contributed by atoms with van der Waals surface area (Å²) in [5.74, 6) is -1.08. The van der Waals surface area contributed by atoms with E-state index in [9.17, 15) is 14.7 Å². The third-order valence-electron chi connectivity index (χ3n) is 2.86. The molecule has 2 heterocycles. The second-order valence-corrected chi connectivity index (χ2v) is 5.01. The van der Waals surface area contributed by atoms with Gasteiger partial charge in [-0.05, 0) is 38.1 Å². The van der Waals surface area contributed by atoms with Gasteiger partial charge in [-0.1, -0.05) is 0 Å². The van der Waals surface area contributed by atoms with E-state index < -0.39 is 5.97 Å². The number of nitrogens with zero attached hydrogens (tertiary/aromatic N) is 4. The van der Waals surface area contributed by atoms with E-state index in [4.69, 9.17) is 0 Å². The van der Waals surface area contributed by atoms with Gasteiger partial charge in [0.15, 0.2) is 5.16 Å². The zero-order valence-corrected chi connectivity index (χ0v) is 12.0. The number of H-pyrrole nitrogens is 1. The van der Waals surface area contributed by atoms with E-state index in [0.29, 0.717) is 23.0 Å². The summed E-state index contributed by atoms with van der Waals surface area (Å²) < 4.78 is 1.40. The van der Waals surface area contributed by atoms with E-state index >= 15 is 0 Å². The molecule has 0 aliphatic heterocycles. The van der Waals surface area contributed by atoms with Crippen LogP contribution in [-0.4, -0.2) is 36.0 Å². The van der Waals surface area contributed by atoms with Crippen molar-refractivity contribution >= 4 is 17.7 Å². The molecular formula is C11H13N5O3S. The van der Waals surface area contributed by atoms with Crippen LogP contribution in [0.5, 0.6) is 0 Å². The summed E-state index contributed by atoms with van der Waals surface area (Å²) in [7, 11) is 0. The molecule has 2 N–H and O–H groups in total. The summed E-state index contributed by atoms with van der Waals surface area (Å²) in [5.41, 5.74) is 0.849. The van der Waals surface area contributed by atoms with E-state index in [0.717, 1.165) is 11.8 Å². The maximum Gasteiger partial charge on any atom is 0.343 e. The normalized spacial score (nSPS) is 10.8. The molecule has 2 aromatic heterocycles. The highest BCUT2D eigenvalue weighted by molar-refractivity contribution is 7.99. The van der Waals surface area contributed by atoms with Crippen molar-refractivity contribution in [1.82, 2.24) is 25.0 Å². The van der Waals surface area contributed by atoms with Gasteiger partial charge < -0.3 is 5.11 Å². The van der Waals surface area contributed by atoms with Crippen molar-refractivity contribution in [1.29, 1.82) is 0 Å². The Labute approximate surface area is 118 Å². The minimum Gasteiger partial charge on any atom is -0.478 e. The molecule has 2 rings (SSSR count). The van der Waals surface area contributed by atoms with Crippen LogP contribution in [0.15, 0.2) is 15.0 Å². The summed E-state index contributed by atoms with van der Waals surface area (Å²) >= 11 is 1.00. The number of aryl methyl sites for hydroxylation is 1. The highest BCUT2D eigenvalue weighted by Gasteiger charge is 2.20. The maximum atomic E-state index is 11.5. The van der Waals surface area contributed by atoms with Crippen molar-refractivity contribution in [2.45, 2.75) is 37.5 Å². The van der Waals surface area contributed by atoms with Gasteiger partial charge >= 0.3 is 11.7 Å². The molecule has 0 aliphatic carbocycles. The number of hydrogen-bond acceptors (Lipinski definition) is 6. The molecule has 0 aliphatic rings. The maximum absolute atomic E-state index is 11.5. The van der Waals surface area contributed by atoms with Gasteiger partial charge in [-0.2, -0.15) is 5.10 Å². The average molecular weight is 295 g/mol. The van der Waals surface area contributed by atoms with Gasteiger partial charge in [-0.15, -0.1) is 10.2 Å². The van der Waals surface area contributed by atoms with Gasteiger partial charge in [0.1, 0.15) is 5.03 Å². The van der Waals surface area contributed by atoms with Gasteiger partial charge in [0.25, 0.3) is 0 Å². The highest BCUT2D eigenvalue weighted by Crippen LogP contribution is 2.28. The second-order valence-electron chi connectivity index (χ2n) is 4.05. The minimum absolute atomic E-state index is 0.0839. The Bertz CT molecular complexity index is 721. The van der Waals surface area contributed by atoms with Crippen LogP contribution in [0.2, 0.25) is 0 Å². The van der Waals surface area contributed by atoms with Crippen LogP contribution in [-0.2, 0) is 6.54 Å². The van der Waals surface area contributed by atoms with Crippen LogP contribution in [0, 0.1) is 13.8 Å². The number of rotatable bonds is 4. The topological polar surface area (TPSA) is 114 Å². The fourth-order valence-corrected chi connectivity index (χ4v) is 2.67. The molecule has 0 unspecified atom stereocenters. The van der Waals surface area contributed by atoms with Crippen LogP contribution in [0.25, 0.3) is 0 Å². The lowest BCUT2D eigenvalue weighted by Gasteiger charge is -2.08. The zero-order valence-electron chi connectivity index (χ0n) is 11.2. The van der Waals surface area contributed by atoms with Gasteiger partial charge in [0.05, 0.1) is 11.3 Å². The van der Waals surface area contributed by atoms with Gasteiger partial charge in [-0.3, -0.25) is 4.57 Å². The molecule has 0 saturated carbocycles. The Morgan fingerprint density at radius 2 is 2.10 bits per heavy atom. The molecule has 8 nitrogen and oxygen atoms in total. The van der Waals surface area contributed by atoms with Crippen LogP contribution in [0.4, 0.5) is 0 Å². The van der Waals surface area contributed by atoms with E-state index in [1.165, 1.54) is 4.57 Å². The number of carbonyl (C=O) groups is 1. The van der Waals surface area contributed by atoms with E-state index in [1.807, 2.05) is 0 Å². The lowest BCUT2D eigenvalue weighted by molar-refractivity contribution is 0.0690. The number of aromatic carboxylic acids is 1. The van der Waals surface area contributed by atoms with Crippen LogP contribution in [0.1, 0.15) is 28.5 Å². The summed E-state index contributed by atoms with van der Waals surface area (Å²) in [6, 6.07) is 0. The predicted molar refractivity (Wildman–Crippen MR) is 71.1 cm³/mol. The number of nitrogens with one attached hydrogen (secondary N) is 1. The van der Waals surface area contributed by atoms with Crippen molar-refractivity contribution in [2.24, 2.45) is 0 Å². The summed E-state index contributed by atoms with van der Waals surface area (Å²) in [6.07, 6.45) is 0. The fraction of sp³-hybridized carbons (Fsp3) is 0.364. The largest absolute Gasteiger partial charge is 0.478 e. The predicted octanol–water partition coefficient (Wildman–Crippen LogP) is 0.848. The molecule has 0 aromatic carbocycles. The first-order chi connectivity index (χ1) is 9.45. The van der Waals surface area contributed by atoms with Crippen molar-refractivity contribution in [2.75, 3.05) is 0 Å². The van der Waals surface area contributed by atoms with Gasteiger partial charge in [-0.25, -0.2) is 14.7 Å². The number of hydrogen-bond donors (Lipinski definition) is 2. The van der Waals surface area contributed by atoms with Crippen LogP contribution >= 0.6 is 11.8 Å². The molecule has 0 radical (unpaired) electrons. The summed E-state index contributed by atoms with van der Waals surface area (Å²) in [4.78, 5) is 22.8. The molecule has 20 heavy (non-hydrogen) atoms. The molecule has 0 fully saturated rings. The molecule has 0 atom stereocenters. The number of aromatic amines is 1. The molecular weight excluding hydrogens is 282 g/mol. The molecule has 0 bridgehead atoms. The molecule has 0 saturated heterocycles. The number of carboxylic acids is 1. The van der Waals surface area contributed by atoms with Crippen molar-refractivity contribution in [3.05, 3.63) is 27.3 Å². The zero-order chi connectivity index (χ0) is 14.9. The van der Waals surface area contributed by atoms with Gasteiger partial charge in [0, 0.05) is 6.54 Å². The Kier molecular flexibility index (Phi) is 3.89. The first kappa shape index (κ1) is 14.3. The number of aromatic nitrogens is 5. The SMILES string of the molecule is CCn1c(Sc2nnc(C)c(C)c2C(=O)O)n[nH]c1=O. The smallest absolute Gasteiger partial charge is 0.343 e. The molecule has 2 aromatic rings. The second kappa shape index (κ2) is 5.45. The summed E-state index contributed by atoms with van der Waals surface area (Å²) in [6.45, 7) is 5.60. The Morgan fingerprint density at radius 3 is 2.70 bits per heavy atom. The Hall–Kier alpha value is -2.16. The standard InChI is InChI=1S/C11H13N5O3S/c1-4-16-10(19)14-15-11(16)20-8-7(9(17)18)5(2)6(3)12-13-8/h4H2,1-3H3,(H,14,19)(H,17,18). The molecule has 9 heteroatoms. The minimum atomic E-state index is -1.08. The summed E-state index contributed by atoms with van der Waals surface area (Å²) in [5, 5.41) is 23.9. The van der Waals surface area contributed by atoms with E-state index in [2.05, 4.69) is 20.4 Å². The van der Waals surface area contributed by atoms with Crippen molar-refractivity contribution in [3.8, 4) is 0 Å². The number of carboxylic acid groups (broad SMARTS) is 1. The quantitative estimate of drug-likeness (QED) is 0.859. The highest BCUT2D eigenvalue weighted by atomic mass is 32.2. The van der Waals surface area contributed by atoms with Crippen molar-refractivity contribution in [3.63, 3.8) is 0 Å².